The van der Waals surface area contributed by atoms with Crippen LogP contribution in [0.2, 0.25) is 0 Å². The highest BCUT2D eigenvalue weighted by molar-refractivity contribution is 6.06. The summed E-state index contributed by atoms with van der Waals surface area (Å²) in [6, 6.07) is 0. The zero-order chi connectivity index (χ0) is 6.97. The Kier molecular flexibility index (Phi) is 1.10. The summed E-state index contributed by atoms with van der Waals surface area (Å²) in [7, 11) is 0. The molecule has 0 spiro atoms. The van der Waals surface area contributed by atoms with E-state index in [0.717, 1.165) is 18.0 Å². The molecular formula is C8H8N2. The Morgan fingerprint density at radius 1 is 1.60 bits per heavy atom. The van der Waals surface area contributed by atoms with E-state index in [1.165, 1.54) is 12.8 Å². The average Bonchev–Trinajstić information content (AvgIpc) is 2.69. The Bertz CT molecular complexity index is 251. The van der Waals surface area contributed by atoms with Crippen LogP contribution in [-0.2, 0) is 0 Å². The van der Waals surface area contributed by atoms with E-state index in [9.17, 15) is 0 Å². The maximum Gasteiger partial charge on any atom is 0.206 e. The van der Waals surface area contributed by atoms with Gasteiger partial charge in [-0.3, -0.25) is 4.99 Å². The number of hydrogen-bond donors (Lipinski definition) is 0. The molecule has 2 aliphatic rings. The molecule has 1 fully saturated rings. The van der Waals surface area contributed by atoms with E-state index < -0.39 is 0 Å². The second kappa shape index (κ2) is 1.95. The van der Waals surface area contributed by atoms with Crippen LogP contribution in [0.15, 0.2) is 16.8 Å². The number of aliphatic imine (C=N–C) groups is 1. The van der Waals surface area contributed by atoms with Gasteiger partial charge in [0.1, 0.15) is 0 Å². The van der Waals surface area contributed by atoms with E-state index in [0.29, 0.717) is 5.92 Å². The van der Waals surface area contributed by atoms with Crippen LogP contribution in [0, 0.1) is 12.5 Å². The second-order valence-corrected chi connectivity index (χ2v) is 2.70. The average molecular weight is 132 g/mol. The molecule has 1 heterocycles. The molecule has 0 atom stereocenters. The number of allylic oxidation sites excluding steroid dienone is 1. The van der Waals surface area contributed by atoms with Crippen LogP contribution in [0.4, 0.5) is 0 Å². The molecule has 0 saturated heterocycles. The first-order chi connectivity index (χ1) is 4.92. The van der Waals surface area contributed by atoms with E-state index in [1.54, 1.807) is 0 Å². The Morgan fingerprint density at radius 2 is 2.40 bits per heavy atom. The Balaban J connectivity index is 2.22. The molecule has 2 heteroatoms. The molecule has 1 aliphatic heterocycles. The van der Waals surface area contributed by atoms with Crippen LogP contribution >= 0.6 is 0 Å². The van der Waals surface area contributed by atoms with Crippen LogP contribution in [0.25, 0.3) is 4.85 Å². The third kappa shape index (κ3) is 0.750. The molecule has 50 valence electrons. The van der Waals surface area contributed by atoms with Crippen molar-refractivity contribution in [1.29, 1.82) is 0 Å². The zero-order valence-corrected chi connectivity index (χ0v) is 5.67. The van der Waals surface area contributed by atoms with Crippen LogP contribution in [0.5, 0.6) is 0 Å². The van der Waals surface area contributed by atoms with Gasteiger partial charge in [-0.05, 0) is 18.8 Å². The van der Waals surface area contributed by atoms with E-state index in [1.807, 2.05) is 6.08 Å². The van der Waals surface area contributed by atoms with Crippen LogP contribution < -0.4 is 0 Å². The summed E-state index contributed by atoms with van der Waals surface area (Å²) in [6.45, 7) is 7.57. The normalized spacial score (nSPS) is 23.5. The van der Waals surface area contributed by atoms with Gasteiger partial charge in [0.25, 0.3) is 0 Å². The summed E-state index contributed by atoms with van der Waals surface area (Å²) in [5, 5.41) is 0. The molecule has 0 amide bonds. The minimum absolute atomic E-state index is 0.642. The Hall–Kier alpha value is -1.10. The van der Waals surface area contributed by atoms with Crippen molar-refractivity contribution in [3.8, 4) is 0 Å². The first-order valence-electron chi connectivity index (χ1n) is 3.54. The van der Waals surface area contributed by atoms with Crippen molar-refractivity contribution in [3.63, 3.8) is 0 Å². The number of rotatable bonds is 1. The van der Waals surface area contributed by atoms with Crippen molar-refractivity contribution in [2.45, 2.75) is 12.8 Å². The molecule has 0 unspecified atom stereocenters. The monoisotopic (exact) mass is 132 g/mol. The highest BCUT2D eigenvalue weighted by Crippen LogP contribution is 2.35. The van der Waals surface area contributed by atoms with Gasteiger partial charge in [-0.2, -0.15) is 0 Å². The lowest BCUT2D eigenvalue weighted by Crippen LogP contribution is -1.97. The van der Waals surface area contributed by atoms with Crippen molar-refractivity contribution >= 4 is 5.71 Å². The smallest absolute Gasteiger partial charge is 0.206 e. The van der Waals surface area contributed by atoms with Crippen molar-refractivity contribution in [1.82, 2.24) is 0 Å². The lowest BCUT2D eigenvalue weighted by Gasteiger charge is -1.93. The first kappa shape index (κ1) is 5.67. The predicted octanol–water partition coefficient (Wildman–Crippen LogP) is 1.65. The lowest BCUT2D eigenvalue weighted by atomic mass is 10.2. The molecule has 1 aliphatic carbocycles. The van der Waals surface area contributed by atoms with Gasteiger partial charge in [0.15, 0.2) is 0 Å². The largest absolute Gasteiger partial charge is 0.298 e. The molecule has 10 heavy (non-hydrogen) atoms. The minimum Gasteiger partial charge on any atom is -0.298 e. The third-order valence-corrected chi connectivity index (χ3v) is 1.89. The van der Waals surface area contributed by atoms with Crippen molar-refractivity contribution < 1.29 is 0 Å². The van der Waals surface area contributed by atoms with Crippen molar-refractivity contribution in [3.05, 3.63) is 23.2 Å². The van der Waals surface area contributed by atoms with E-state index in [4.69, 9.17) is 6.57 Å². The molecule has 0 aromatic heterocycles. The summed E-state index contributed by atoms with van der Waals surface area (Å²) in [6.07, 6.45) is 4.40. The maximum atomic E-state index is 6.83. The summed E-state index contributed by atoms with van der Waals surface area (Å²) < 4.78 is 0. The maximum absolute atomic E-state index is 6.83. The Morgan fingerprint density at radius 3 is 3.00 bits per heavy atom. The number of hydrogen-bond acceptors (Lipinski definition) is 1. The van der Waals surface area contributed by atoms with Crippen LogP contribution in [0.1, 0.15) is 12.8 Å². The highest BCUT2D eigenvalue weighted by atomic mass is 14.8. The highest BCUT2D eigenvalue weighted by Gasteiger charge is 2.30. The fraction of sp³-hybridized carbons (Fsp3) is 0.500. The molecule has 0 bridgehead atoms. The SMILES string of the molecule is [C-]#[N+]C1=CCN=C1C1CC1. The Labute approximate surface area is 60.1 Å². The van der Waals surface area contributed by atoms with Gasteiger partial charge in [0, 0.05) is 12.3 Å². The molecular weight excluding hydrogens is 124 g/mol. The van der Waals surface area contributed by atoms with E-state index in [2.05, 4.69) is 9.84 Å². The van der Waals surface area contributed by atoms with Gasteiger partial charge >= 0.3 is 0 Å². The lowest BCUT2D eigenvalue weighted by molar-refractivity contribution is 1.16. The zero-order valence-electron chi connectivity index (χ0n) is 5.67. The van der Waals surface area contributed by atoms with Gasteiger partial charge in [-0.15, -0.1) is 0 Å². The van der Waals surface area contributed by atoms with Crippen molar-refractivity contribution in [2.24, 2.45) is 10.9 Å². The molecule has 0 aromatic rings. The molecule has 2 nitrogen and oxygen atoms in total. The van der Waals surface area contributed by atoms with E-state index in [-0.39, 0.29) is 0 Å². The van der Waals surface area contributed by atoms with Crippen LogP contribution in [0.3, 0.4) is 0 Å². The molecule has 2 rings (SSSR count). The van der Waals surface area contributed by atoms with Gasteiger partial charge < -0.3 is 0 Å². The summed E-state index contributed by atoms with van der Waals surface area (Å²) in [4.78, 5) is 7.67. The van der Waals surface area contributed by atoms with E-state index >= 15 is 0 Å². The summed E-state index contributed by atoms with van der Waals surface area (Å²) in [5.41, 5.74) is 1.89. The molecule has 0 N–H and O–H groups in total. The van der Waals surface area contributed by atoms with Crippen molar-refractivity contribution in [2.75, 3.05) is 6.54 Å². The fourth-order valence-electron chi connectivity index (χ4n) is 1.21. The van der Waals surface area contributed by atoms with Gasteiger partial charge in [-0.25, -0.2) is 4.85 Å². The van der Waals surface area contributed by atoms with Crippen LogP contribution in [-0.4, -0.2) is 12.3 Å². The summed E-state index contributed by atoms with van der Waals surface area (Å²) >= 11 is 0. The third-order valence-electron chi connectivity index (χ3n) is 1.89. The van der Waals surface area contributed by atoms with Gasteiger partial charge in [0.2, 0.25) is 5.70 Å². The van der Waals surface area contributed by atoms with Gasteiger partial charge in [-0.1, -0.05) is 6.08 Å². The van der Waals surface area contributed by atoms with Gasteiger partial charge in [0.05, 0.1) is 6.57 Å². The summed E-state index contributed by atoms with van der Waals surface area (Å²) in [5.74, 6) is 0.642. The molecule has 1 saturated carbocycles. The molecule has 0 aromatic carbocycles. The quantitative estimate of drug-likeness (QED) is 0.482. The second-order valence-electron chi connectivity index (χ2n) is 2.70. The standard InChI is InChI=1S/C8H8N2/c1-9-7-4-5-10-8(7)6-2-3-6/h4,6H,2-3,5H2. The fourth-order valence-corrected chi connectivity index (χ4v) is 1.21. The molecule has 0 radical (unpaired) electrons. The number of nitrogens with zero attached hydrogens (tertiary/aromatic N) is 2. The topological polar surface area (TPSA) is 16.7 Å². The minimum atomic E-state index is 0.642. The predicted molar refractivity (Wildman–Crippen MR) is 39.7 cm³/mol. The first-order valence-corrected chi connectivity index (χ1v) is 3.54.